The fourth-order valence-corrected chi connectivity index (χ4v) is 2.33. The Morgan fingerprint density at radius 2 is 1.71 bits per heavy atom. The third-order valence-corrected chi connectivity index (χ3v) is 3.45. The summed E-state index contributed by atoms with van der Waals surface area (Å²) in [5, 5.41) is 37.3. The lowest BCUT2D eigenvalue weighted by Crippen LogP contribution is -2.55. The number of aliphatic hydroxyl groups is 3. The highest BCUT2D eigenvalue weighted by atomic mass is 16.5. The first-order chi connectivity index (χ1) is 11.3. The third-order valence-electron chi connectivity index (χ3n) is 3.45. The van der Waals surface area contributed by atoms with Gasteiger partial charge in [-0.3, -0.25) is 9.59 Å². The van der Waals surface area contributed by atoms with E-state index in [9.17, 15) is 24.9 Å². The number of carbonyl (C=O) groups excluding carboxylic acids is 2. The van der Waals surface area contributed by atoms with Gasteiger partial charge in [0.25, 0.3) is 0 Å². The maximum absolute atomic E-state index is 11.3. The lowest BCUT2D eigenvalue weighted by Gasteiger charge is -2.36. The van der Waals surface area contributed by atoms with Crippen LogP contribution in [0.3, 0.4) is 0 Å². The number of nitrogens with one attached hydrogen (secondary N) is 3. The van der Waals surface area contributed by atoms with Crippen molar-refractivity contribution in [2.45, 2.75) is 38.4 Å². The van der Waals surface area contributed by atoms with Crippen molar-refractivity contribution < 1.29 is 29.6 Å². The molecule has 9 nitrogen and oxygen atoms in total. The molecule has 0 bridgehead atoms. The van der Waals surface area contributed by atoms with Crippen LogP contribution in [-0.2, 0) is 14.3 Å². The minimum Gasteiger partial charge on any atom is -0.388 e. The number of aliphatic hydroxyl groups excluding tert-OH is 3. The molecule has 2 amide bonds. The number of benzene rings is 1. The molecule has 0 saturated carbocycles. The van der Waals surface area contributed by atoms with Gasteiger partial charge < -0.3 is 36.0 Å². The molecule has 1 aliphatic heterocycles. The molecule has 2 rings (SSSR count). The van der Waals surface area contributed by atoms with Crippen molar-refractivity contribution in [2.24, 2.45) is 0 Å². The van der Waals surface area contributed by atoms with E-state index in [1.54, 1.807) is 18.2 Å². The second kappa shape index (κ2) is 7.58. The van der Waals surface area contributed by atoms with E-state index in [0.717, 1.165) is 0 Å². The molecule has 1 aromatic carbocycles. The minimum absolute atomic E-state index is 0.156. The molecule has 9 heteroatoms. The summed E-state index contributed by atoms with van der Waals surface area (Å²) in [6, 6.07) is 4.74. The Labute approximate surface area is 138 Å². The average molecular weight is 339 g/mol. The Hall–Kier alpha value is -2.20. The molecule has 6 N–H and O–H groups in total. The van der Waals surface area contributed by atoms with E-state index in [-0.39, 0.29) is 18.4 Å². The van der Waals surface area contributed by atoms with Gasteiger partial charge in [0.15, 0.2) is 6.23 Å². The van der Waals surface area contributed by atoms with E-state index in [1.807, 2.05) is 0 Å². The summed E-state index contributed by atoms with van der Waals surface area (Å²) in [6.45, 7) is 2.55. The molecule has 1 heterocycles. The summed E-state index contributed by atoms with van der Waals surface area (Å²) in [6.07, 6.45) is -4.91. The highest BCUT2D eigenvalue weighted by Gasteiger charge is 2.37. The number of carbonyl (C=O) groups is 2. The van der Waals surface area contributed by atoms with E-state index in [1.165, 1.54) is 13.8 Å². The van der Waals surface area contributed by atoms with E-state index >= 15 is 0 Å². The zero-order chi connectivity index (χ0) is 17.9. The zero-order valence-electron chi connectivity index (χ0n) is 13.3. The van der Waals surface area contributed by atoms with E-state index in [0.29, 0.717) is 17.1 Å². The van der Waals surface area contributed by atoms with Crippen molar-refractivity contribution in [1.82, 2.24) is 0 Å². The summed E-state index contributed by atoms with van der Waals surface area (Å²) in [5.41, 5.74) is 1.27. The van der Waals surface area contributed by atoms with Gasteiger partial charge in [-0.2, -0.15) is 0 Å². The number of amides is 2. The van der Waals surface area contributed by atoms with Crippen LogP contribution in [0.25, 0.3) is 0 Å². The van der Waals surface area contributed by atoms with Crippen LogP contribution in [0.1, 0.15) is 13.8 Å². The highest BCUT2D eigenvalue weighted by Crippen LogP contribution is 2.28. The van der Waals surface area contributed by atoms with Gasteiger partial charge >= 0.3 is 0 Å². The Morgan fingerprint density at radius 1 is 1.04 bits per heavy atom. The van der Waals surface area contributed by atoms with Crippen molar-refractivity contribution in [3.8, 4) is 0 Å². The monoisotopic (exact) mass is 339 g/mol. The van der Waals surface area contributed by atoms with Crippen LogP contribution in [0.5, 0.6) is 0 Å². The van der Waals surface area contributed by atoms with Crippen molar-refractivity contribution in [3.63, 3.8) is 0 Å². The second-order valence-corrected chi connectivity index (χ2v) is 5.57. The van der Waals surface area contributed by atoms with Crippen LogP contribution in [0.4, 0.5) is 17.1 Å². The van der Waals surface area contributed by atoms with Gasteiger partial charge in [-0.25, -0.2) is 0 Å². The molecule has 1 fully saturated rings. The smallest absolute Gasteiger partial charge is 0.221 e. The molecule has 132 valence electrons. The van der Waals surface area contributed by atoms with Crippen LogP contribution >= 0.6 is 0 Å². The number of anilines is 3. The second-order valence-electron chi connectivity index (χ2n) is 5.57. The standard InChI is InChI=1S/C15H21N3O6/c1-7(19)16-9-3-4-10(17-8(2)20)11(5-9)18-15-14(23)13(22)12(21)6-24-15/h3-5,12-15,18,21-23H,6H2,1-2H3,(H,16,19)(H,17,20)/t12-,13-,14+,15-/m0/s1. The van der Waals surface area contributed by atoms with E-state index in [2.05, 4.69) is 16.0 Å². The molecule has 0 radical (unpaired) electrons. The van der Waals surface area contributed by atoms with Gasteiger partial charge in [-0.05, 0) is 18.2 Å². The first kappa shape index (κ1) is 18.1. The number of hydrogen-bond donors (Lipinski definition) is 6. The van der Waals surface area contributed by atoms with Crippen molar-refractivity contribution in [2.75, 3.05) is 22.6 Å². The summed E-state index contributed by atoms with van der Waals surface area (Å²) in [4.78, 5) is 22.5. The maximum Gasteiger partial charge on any atom is 0.221 e. The summed E-state index contributed by atoms with van der Waals surface area (Å²) in [7, 11) is 0. The summed E-state index contributed by atoms with van der Waals surface area (Å²) >= 11 is 0. The number of rotatable bonds is 4. The molecule has 4 atom stereocenters. The van der Waals surface area contributed by atoms with Crippen LogP contribution in [-0.4, -0.2) is 58.3 Å². The van der Waals surface area contributed by atoms with E-state index < -0.39 is 24.5 Å². The largest absolute Gasteiger partial charge is 0.388 e. The third kappa shape index (κ3) is 4.42. The molecule has 24 heavy (non-hydrogen) atoms. The molecule has 1 aliphatic rings. The van der Waals surface area contributed by atoms with Crippen molar-refractivity contribution in [3.05, 3.63) is 18.2 Å². The summed E-state index contributed by atoms with van der Waals surface area (Å²) in [5.74, 6) is -0.563. The van der Waals surface area contributed by atoms with Gasteiger partial charge in [-0.15, -0.1) is 0 Å². The normalized spacial score (nSPS) is 26.5. The first-order valence-corrected chi connectivity index (χ1v) is 7.39. The van der Waals surface area contributed by atoms with Gasteiger partial charge in [0.2, 0.25) is 11.8 Å². The topological polar surface area (TPSA) is 140 Å². The lowest BCUT2D eigenvalue weighted by atomic mass is 10.0. The molecule has 0 aliphatic carbocycles. The van der Waals surface area contributed by atoms with Gasteiger partial charge in [0.05, 0.1) is 18.0 Å². The van der Waals surface area contributed by atoms with Crippen LogP contribution in [0.15, 0.2) is 18.2 Å². The quantitative estimate of drug-likeness (QED) is 0.433. The molecular weight excluding hydrogens is 318 g/mol. The predicted molar refractivity (Wildman–Crippen MR) is 86.4 cm³/mol. The van der Waals surface area contributed by atoms with Gasteiger partial charge in [0, 0.05) is 19.5 Å². The van der Waals surface area contributed by atoms with Gasteiger partial charge in [0.1, 0.15) is 18.3 Å². The van der Waals surface area contributed by atoms with Crippen molar-refractivity contribution >= 4 is 28.9 Å². The zero-order valence-corrected chi connectivity index (χ0v) is 13.3. The molecule has 0 unspecified atom stereocenters. The Kier molecular flexibility index (Phi) is 5.73. The Bertz CT molecular complexity index is 623. The summed E-state index contributed by atoms with van der Waals surface area (Å²) < 4.78 is 5.29. The van der Waals surface area contributed by atoms with E-state index in [4.69, 9.17) is 4.74 Å². The number of hydrogen-bond acceptors (Lipinski definition) is 7. The first-order valence-electron chi connectivity index (χ1n) is 7.39. The SMILES string of the molecule is CC(=O)Nc1ccc(NC(C)=O)c(N[C@H]2OC[C@H](O)[C@H](O)[C@H]2O)c1. The number of ether oxygens (including phenoxy) is 1. The highest BCUT2D eigenvalue weighted by molar-refractivity contribution is 5.95. The Balaban J connectivity index is 2.24. The van der Waals surface area contributed by atoms with Gasteiger partial charge in [-0.1, -0.05) is 0 Å². The predicted octanol–water partition coefficient (Wildman–Crippen LogP) is -0.546. The van der Waals surface area contributed by atoms with Crippen molar-refractivity contribution in [1.29, 1.82) is 0 Å². The average Bonchev–Trinajstić information content (AvgIpc) is 2.49. The molecule has 0 spiro atoms. The molecule has 1 saturated heterocycles. The van der Waals surface area contributed by atoms with Crippen LogP contribution in [0.2, 0.25) is 0 Å². The molecule has 0 aromatic heterocycles. The van der Waals surface area contributed by atoms with Crippen LogP contribution in [0, 0.1) is 0 Å². The molecular formula is C15H21N3O6. The fourth-order valence-electron chi connectivity index (χ4n) is 2.33. The minimum atomic E-state index is -1.37. The Morgan fingerprint density at radius 3 is 2.33 bits per heavy atom. The molecule has 1 aromatic rings. The fraction of sp³-hybridized carbons (Fsp3) is 0.467. The maximum atomic E-state index is 11.3. The van der Waals surface area contributed by atoms with Crippen LogP contribution < -0.4 is 16.0 Å². The lowest BCUT2D eigenvalue weighted by molar-refractivity contribution is -0.178.